The Hall–Kier alpha value is -2.40. The highest BCUT2D eigenvalue weighted by atomic mass is 79.9. The van der Waals surface area contributed by atoms with Crippen LogP contribution in [0.4, 0.5) is 0 Å². The van der Waals surface area contributed by atoms with Crippen LogP contribution in [0.15, 0.2) is 63.8 Å². The normalized spacial score (nSPS) is 21.1. The molecule has 5 heteroatoms. The van der Waals surface area contributed by atoms with Gasteiger partial charge in [-0.15, -0.1) is 0 Å². The number of nitrogens with zero attached hydrogens (tertiary/aromatic N) is 2. The van der Waals surface area contributed by atoms with E-state index in [-0.39, 0.29) is 17.7 Å². The number of hydrogen-bond donors (Lipinski definition) is 0. The second-order valence-electron chi connectivity index (χ2n) is 7.39. The van der Waals surface area contributed by atoms with Gasteiger partial charge in [0, 0.05) is 27.7 Å². The summed E-state index contributed by atoms with van der Waals surface area (Å²) in [4.78, 5) is 11.7. The smallest absolute Gasteiger partial charge is 0.154 e. The van der Waals surface area contributed by atoms with Gasteiger partial charge in [-0.25, -0.2) is 0 Å². The average molecular weight is 439 g/mol. The van der Waals surface area contributed by atoms with Crippen LogP contribution in [0.2, 0.25) is 0 Å². The molecule has 28 heavy (non-hydrogen) atoms. The van der Waals surface area contributed by atoms with Crippen molar-refractivity contribution in [1.82, 2.24) is 5.01 Å². The summed E-state index contributed by atoms with van der Waals surface area (Å²) < 4.78 is 6.45. The van der Waals surface area contributed by atoms with Gasteiger partial charge in [0.1, 0.15) is 5.75 Å². The summed E-state index contributed by atoms with van der Waals surface area (Å²) in [5, 5.41) is 7.05. The van der Waals surface area contributed by atoms with E-state index in [1.54, 1.807) is 20.1 Å². The number of allylic oxidation sites excluding steroid dienone is 2. The summed E-state index contributed by atoms with van der Waals surface area (Å²) in [6, 6.07) is 14.7. The first-order chi connectivity index (χ1) is 13.5. The summed E-state index contributed by atoms with van der Waals surface area (Å²) in [6.45, 7) is 3.54. The molecule has 0 amide bonds. The van der Waals surface area contributed by atoms with Crippen LogP contribution < -0.4 is 4.74 Å². The lowest BCUT2D eigenvalue weighted by Crippen LogP contribution is -2.28. The van der Waals surface area contributed by atoms with Gasteiger partial charge < -0.3 is 4.74 Å². The van der Waals surface area contributed by atoms with Crippen LogP contribution in [0, 0.1) is 5.92 Å². The zero-order chi connectivity index (χ0) is 19.8. The highest BCUT2D eigenvalue weighted by Crippen LogP contribution is 2.45. The van der Waals surface area contributed by atoms with Crippen molar-refractivity contribution in [2.24, 2.45) is 11.0 Å². The van der Waals surface area contributed by atoms with Gasteiger partial charge in [-0.1, -0.05) is 28.1 Å². The third-order valence-corrected chi connectivity index (χ3v) is 6.04. The number of carbonyl (C=O) groups excluding carboxylic acids is 1. The zero-order valence-electron chi connectivity index (χ0n) is 16.3. The summed E-state index contributed by atoms with van der Waals surface area (Å²) in [5.41, 5.74) is 5.65. The van der Waals surface area contributed by atoms with Crippen molar-refractivity contribution in [3.8, 4) is 5.75 Å². The fourth-order valence-electron chi connectivity index (χ4n) is 4.28. The molecule has 0 fully saturated rings. The number of hydrogen-bond acceptors (Lipinski definition) is 4. The third kappa shape index (κ3) is 3.39. The monoisotopic (exact) mass is 438 g/mol. The van der Waals surface area contributed by atoms with E-state index in [0.29, 0.717) is 0 Å². The number of ether oxygens (including phenoxy) is 1. The van der Waals surface area contributed by atoms with Crippen LogP contribution in [0.1, 0.15) is 43.0 Å². The molecule has 4 nitrogen and oxygen atoms in total. The Kier molecular flexibility index (Phi) is 5.11. The molecule has 2 aliphatic rings. The van der Waals surface area contributed by atoms with Gasteiger partial charge in [0.2, 0.25) is 0 Å². The van der Waals surface area contributed by atoms with Crippen molar-refractivity contribution in [2.75, 3.05) is 7.11 Å². The summed E-state index contributed by atoms with van der Waals surface area (Å²) in [7, 11) is 1.70. The van der Waals surface area contributed by atoms with Crippen molar-refractivity contribution in [3.05, 3.63) is 75.4 Å². The summed E-state index contributed by atoms with van der Waals surface area (Å²) >= 11 is 3.52. The highest BCUT2D eigenvalue weighted by molar-refractivity contribution is 9.10. The Morgan fingerprint density at radius 3 is 2.64 bits per heavy atom. The number of hydrazone groups is 1. The fraction of sp³-hybridized carbons (Fsp3) is 0.304. The second-order valence-corrected chi connectivity index (χ2v) is 8.31. The van der Waals surface area contributed by atoms with E-state index in [9.17, 15) is 4.79 Å². The van der Waals surface area contributed by atoms with E-state index in [2.05, 4.69) is 52.3 Å². The van der Waals surface area contributed by atoms with E-state index < -0.39 is 0 Å². The topological polar surface area (TPSA) is 41.9 Å². The van der Waals surface area contributed by atoms with Gasteiger partial charge in [0.25, 0.3) is 0 Å². The standard InChI is InChI=1S/C23H23BrN2O2/c1-14(12-15(2)27)26-23(16-4-7-18(24)8-5-16)21-10-6-17-13-19(28-3)9-11-20(17)22(21)25-26/h4-5,7-9,11-13,21,23H,6,10H2,1-3H3. The quantitative estimate of drug-likeness (QED) is 0.610. The van der Waals surface area contributed by atoms with E-state index >= 15 is 0 Å². The fourth-order valence-corrected chi connectivity index (χ4v) is 4.54. The molecule has 0 saturated carbocycles. The molecular weight excluding hydrogens is 416 g/mol. The van der Waals surface area contributed by atoms with Crippen molar-refractivity contribution in [3.63, 3.8) is 0 Å². The first-order valence-corrected chi connectivity index (χ1v) is 10.3. The summed E-state index contributed by atoms with van der Waals surface area (Å²) in [6.07, 6.45) is 3.68. The van der Waals surface area contributed by atoms with Gasteiger partial charge in [-0.2, -0.15) is 5.10 Å². The minimum Gasteiger partial charge on any atom is -0.497 e. The van der Waals surface area contributed by atoms with E-state index in [1.807, 2.05) is 18.0 Å². The minimum atomic E-state index is 0.0345. The Balaban J connectivity index is 1.81. The van der Waals surface area contributed by atoms with E-state index in [1.165, 1.54) is 16.7 Å². The molecule has 4 rings (SSSR count). The minimum absolute atomic E-state index is 0.0345. The number of ketones is 1. The number of halogens is 1. The van der Waals surface area contributed by atoms with Crippen molar-refractivity contribution in [1.29, 1.82) is 0 Å². The molecule has 0 N–H and O–H groups in total. The zero-order valence-corrected chi connectivity index (χ0v) is 17.9. The maximum absolute atomic E-state index is 11.7. The van der Waals surface area contributed by atoms with Crippen LogP contribution in [-0.2, 0) is 11.2 Å². The molecule has 0 radical (unpaired) electrons. The third-order valence-electron chi connectivity index (χ3n) is 5.51. The Labute approximate surface area is 174 Å². The Bertz CT molecular complexity index is 979. The number of benzene rings is 2. The predicted octanol–water partition coefficient (Wildman–Crippen LogP) is 5.27. The van der Waals surface area contributed by atoms with Crippen LogP contribution >= 0.6 is 15.9 Å². The number of carbonyl (C=O) groups is 1. The van der Waals surface area contributed by atoms with Crippen LogP contribution in [-0.4, -0.2) is 23.6 Å². The van der Waals surface area contributed by atoms with Crippen molar-refractivity contribution in [2.45, 2.75) is 32.7 Å². The molecular formula is C23H23BrN2O2. The van der Waals surface area contributed by atoms with Crippen LogP contribution in [0.25, 0.3) is 0 Å². The van der Waals surface area contributed by atoms with Gasteiger partial charge in [-0.05, 0) is 68.1 Å². The lowest BCUT2D eigenvalue weighted by molar-refractivity contribution is -0.112. The van der Waals surface area contributed by atoms with Crippen molar-refractivity contribution >= 4 is 27.4 Å². The van der Waals surface area contributed by atoms with Gasteiger partial charge in [0.05, 0.1) is 18.9 Å². The molecule has 0 spiro atoms. The molecule has 1 aliphatic carbocycles. The molecule has 1 aliphatic heterocycles. The molecule has 2 atom stereocenters. The van der Waals surface area contributed by atoms with Gasteiger partial charge in [0.15, 0.2) is 5.78 Å². The molecule has 2 aromatic rings. The molecule has 2 aromatic carbocycles. The van der Waals surface area contributed by atoms with Crippen LogP contribution in [0.5, 0.6) is 5.75 Å². The summed E-state index contributed by atoms with van der Waals surface area (Å²) in [5.74, 6) is 1.20. The number of aryl methyl sites for hydroxylation is 1. The average Bonchev–Trinajstić information content (AvgIpc) is 3.07. The number of rotatable bonds is 4. The molecule has 0 saturated heterocycles. The molecule has 0 aromatic heterocycles. The number of fused-ring (bicyclic) bond motifs is 3. The first kappa shape index (κ1) is 18.9. The predicted molar refractivity (Wildman–Crippen MR) is 115 cm³/mol. The van der Waals surface area contributed by atoms with Gasteiger partial charge >= 0.3 is 0 Å². The maximum Gasteiger partial charge on any atom is 0.154 e. The molecule has 1 heterocycles. The highest BCUT2D eigenvalue weighted by Gasteiger charge is 2.42. The molecule has 144 valence electrons. The lowest BCUT2D eigenvalue weighted by Gasteiger charge is -2.31. The van der Waals surface area contributed by atoms with Gasteiger partial charge in [-0.3, -0.25) is 9.80 Å². The second kappa shape index (κ2) is 7.55. The molecule has 2 unspecified atom stereocenters. The Morgan fingerprint density at radius 1 is 1.21 bits per heavy atom. The lowest BCUT2D eigenvalue weighted by atomic mass is 9.77. The first-order valence-electron chi connectivity index (χ1n) is 9.47. The van der Waals surface area contributed by atoms with E-state index in [4.69, 9.17) is 9.84 Å². The largest absolute Gasteiger partial charge is 0.497 e. The SMILES string of the molecule is COc1ccc2c(c1)CCC1C2=NN(C(C)=CC(C)=O)C1c1ccc(Br)cc1. The number of methoxy groups -OCH3 is 1. The Morgan fingerprint density at radius 2 is 1.96 bits per heavy atom. The van der Waals surface area contributed by atoms with Crippen molar-refractivity contribution < 1.29 is 9.53 Å². The molecule has 0 bridgehead atoms. The van der Waals surface area contributed by atoms with Crippen LogP contribution in [0.3, 0.4) is 0 Å². The maximum atomic E-state index is 11.7. The van der Waals surface area contributed by atoms with E-state index in [0.717, 1.165) is 34.5 Å².